The van der Waals surface area contributed by atoms with Gasteiger partial charge in [0.1, 0.15) is 17.3 Å². The molecular weight excluding hydrogens is 343 g/mol. The zero-order valence-electron chi connectivity index (χ0n) is 11.8. The van der Waals surface area contributed by atoms with Gasteiger partial charge in [-0.1, -0.05) is 34.8 Å². The van der Waals surface area contributed by atoms with E-state index in [0.29, 0.717) is 27.6 Å². The van der Waals surface area contributed by atoms with Crippen molar-refractivity contribution in [2.75, 3.05) is 11.9 Å². The molecule has 4 nitrogen and oxygen atoms in total. The van der Waals surface area contributed by atoms with Gasteiger partial charge in [0.15, 0.2) is 0 Å². The summed E-state index contributed by atoms with van der Waals surface area (Å²) in [4.78, 5) is 7.97. The van der Waals surface area contributed by atoms with E-state index in [-0.39, 0.29) is 0 Å². The molecule has 1 aromatic carbocycles. The molecular formula is C15H13Cl3N4. The predicted octanol–water partition coefficient (Wildman–Crippen LogP) is 4.81. The van der Waals surface area contributed by atoms with Crippen molar-refractivity contribution in [3.05, 3.63) is 51.5 Å². The zero-order chi connectivity index (χ0) is 15.7. The van der Waals surface area contributed by atoms with Gasteiger partial charge in [0.25, 0.3) is 0 Å². The lowest BCUT2D eigenvalue weighted by Gasteiger charge is -2.10. The lowest BCUT2D eigenvalue weighted by molar-refractivity contribution is 0.733. The number of aryl methyl sites for hydroxylation is 1. The Morgan fingerprint density at radius 1 is 1.09 bits per heavy atom. The van der Waals surface area contributed by atoms with Crippen LogP contribution in [0.2, 0.25) is 15.2 Å². The number of benzene rings is 1. The fourth-order valence-corrected chi connectivity index (χ4v) is 3.12. The third kappa shape index (κ3) is 3.14. The van der Waals surface area contributed by atoms with E-state index in [4.69, 9.17) is 34.8 Å². The molecule has 22 heavy (non-hydrogen) atoms. The molecule has 0 fully saturated rings. The highest BCUT2D eigenvalue weighted by Crippen LogP contribution is 2.30. The highest BCUT2D eigenvalue weighted by atomic mass is 35.5. The summed E-state index contributed by atoms with van der Waals surface area (Å²) in [6, 6.07) is 7.44. The number of hydrogen-bond acceptors (Lipinski definition) is 3. The fraction of sp³-hybridized carbons (Fsp3) is 0.200. The van der Waals surface area contributed by atoms with Gasteiger partial charge in [0.2, 0.25) is 0 Å². The Labute approximate surface area is 143 Å². The fourth-order valence-electron chi connectivity index (χ4n) is 2.44. The van der Waals surface area contributed by atoms with Crippen molar-refractivity contribution in [3.63, 3.8) is 0 Å². The number of fused-ring (bicyclic) bond motifs is 1. The topological polar surface area (TPSA) is 42.7 Å². The molecule has 7 heteroatoms. The monoisotopic (exact) mass is 354 g/mol. The minimum atomic E-state index is 0.415. The third-order valence-corrected chi connectivity index (χ3v) is 4.16. The minimum Gasteiger partial charge on any atom is -0.368 e. The summed E-state index contributed by atoms with van der Waals surface area (Å²) in [5.74, 6) is 0.699. The van der Waals surface area contributed by atoms with Crippen molar-refractivity contribution in [2.24, 2.45) is 0 Å². The van der Waals surface area contributed by atoms with Gasteiger partial charge >= 0.3 is 0 Å². The van der Waals surface area contributed by atoms with Gasteiger partial charge in [-0.05, 0) is 25.1 Å². The molecule has 3 rings (SSSR count). The molecule has 0 aliphatic rings. The molecule has 3 aromatic rings. The average Bonchev–Trinajstić information content (AvgIpc) is 2.76. The molecule has 0 spiro atoms. The zero-order valence-corrected chi connectivity index (χ0v) is 14.0. The van der Waals surface area contributed by atoms with Crippen molar-refractivity contribution in [2.45, 2.75) is 13.5 Å². The van der Waals surface area contributed by atoms with Crippen molar-refractivity contribution < 1.29 is 0 Å². The molecule has 0 aliphatic heterocycles. The molecule has 0 radical (unpaired) electrons. The van der Waals surface area contributed by atoms with Crippen LogP contribution in [0.1, 0.15) is 5.69 Å². The molecule has 0 saturated carbocycles. The van der Waals surface area contributed by atoms with Gasteiger partial charge in [-0.3, -0.25) is 0 Å². The molecule has 0 saturated heterocycles. The Morgan fingerprint density at radius 2 is 1.91 bits per heavy atom. The molecule has 0 aliphatic carbocycles. The van der Waals surface area contributed by atoms with Gasteiger partial charge in [-0.15, -0.1) is 0 Å². The van der Waals surface area contributed by atoms with Crippen molar-refractivity contribution in [1.82, 2.24) is 14.5 Å². The number of halogens is 3. The summed E-state index contributed by atoms with van der Waals surface area (Å²) in [7, 11) is 0. The largest absolute Gasteiger partial charge is 0.368 e. The van der Waals surface area contributed by atoms with Crippen LogP contribution in [0.25, 0.3) is 10.9 Å². The quantitative estimate of drug-likeness (QED) is 0.683. The van der Waals surface area contributed by atoms with E-state index < -0.39 is 0 Å². The molecule has 0 bridgehead atoms. The van der Waals surface area contributed by atoms with E-state index in [9.17, 15) is 0 Å². The van der Waals surface area contributed by atoms with Crippen molar-refractivity contribution in [3.8, 4) is 0 Å². The van der Waals surface area contributed by atoms with Gasteiger partial charge in [-0.2, -0.15) is 0 Å². The van der Waals surface area contributed by atoms with Crippen molar-refractivity contribution >= 4 is 51.5 Å². The number of anilines is 1. The molecule has 2 heterocycles. The van der Waals surface area contributed by atoms with Gasteiger partial charge in [0.05, 0.1) is 10.5 Å². The number of aromatic nitrogens is 3. The Hall–Kier alpha value is -1.49. The van der Waals surface area contributed by atoms with Crippen LogP contribution in [0.15, 0.2) is 30.6 Å². The average molecular weight is 356 g/mol. The molecule has 114 valence electrons. The molecule has 0 unspecified atom stereocenters. The molecule has 0 amide bonds. The van der Waals surface area contributed by atoms with E-state index in [0.717, 1.165) is 23.1 Å². The summed E-state index contributed by atoms with van der Waals surface area (Å²) in [6.07, 6.45) is 1.43. The van der Waals surface area contributed by atoms with Crippen LogP contribution >= 0.6 is 34.8 Å². The van der Waals surface area contributed by atoms with Crippen LogP contribution in [-0.2, 0) is 6.54 Å². The third-order valence-electron chi connectivity index (χ3n) is 3.42. The number of nitrogens with one attached hydrogen (secondary N) is 1. The smallest absolute Gasteiger partial charge is 0.134 e. The van der Waals surface area contributed by atoms with Crippen LogP contribution in [0.3, 0.4) is 0 Å². The first-order chi connectivity index (χ1) is 10.5. The molecule has 0 atom stereocenters. The van der Waals surface area contributed by atoms with E-state index in [1.165, 1.54) is 6.33 Å². The lowest BCUT2D eigenvalue weighted by atomic mass is 10.2. The first kappa shape index (κ1) is 15.4. The van der Waals surface area contributed by atoms with E-state index in [1.807, 2.05) is 13.0 Å². The van der Waals surface area contributed by atoms with E-state index >= 15 is 0 Å². The number of hydrogen-bond donors (Lipinski definition) is 1. The summed E-state index contributed by atoms with van der Waals surface area (Å²) in [6.45, 7) is 3.50. The maximum atomic E-state index is 6.25. The summed E-state index contributed by atoms with van der Waals surface area (Å²) in [5.41, 5.74) is 2.15. The summed E-state index contributed by atoms with van der Waals surface area (Å²) >= 11 is 18.2. The summed E-state index contributed by atoms with van der Waals surface area (Å²) in [5, 5.41) is 5.94. The van der Waals surface area contributed by atoms with Crippen molar-refractivity contribution in [1.29, 1.82) is 0 Å². The highest BCUT2D eigenvalue weighted by molar-refractivity contribution is 6.38. The minimum absolute atomic E-state index is 0.415. The maximum absolute atomic E-state index is 6.25. The number of nitrogens with zero attached hydrogens (tertiary/aromatic N) is 3. The second kappa shape index (κ2) is 6.32. The maximum Gasteiger partial charge on any atom is 0.134 e. The molecule has 2 aromatic heterocycles. The second-order valence-corrected chi connectivity index (χ2v) is 6.14. The first-order valence-electron chi connectivity index (χ1n) is 6.71. The first-order valence-corrected chi connectivity index (χ1v) is 7.84. The summed E-state index contributed by atoms with van der Waals surface area (Å²) < 4.78 is 2.17. The van der Waals surface area contributed by atoms with Crippen LogP contribution in [0.5, 0.6) is 0 Å². The van der Waals surface area contributed by atoms with Crippen LogP contribution in [-0.4, -0.2) is 21.1 Å². The van der Waals surface area contributed by atoms with Crippen LogP contribution in [0, 0.1) is 6.92 Å². The SMILES string of the molecule is Cc1cc2c(Cl)cc(Cl)cc2n1CCNc1cc(Cl)ncn1. The Balaban J connectivity index is 1.80. The van der Waals surface area contributed by atoms with E-state index in [1.54, 1.807) is 12.1 Å². The standard InChI is InChI=1S/C15H13Cl3N4/c1-9-4-11-12(17)5-10(16)6-13(11)22(9)3-2-19-15-7-14(18)20-8-21-15/h4-8H,2-3H2,1H3,(H,19,20,21). The van der Waals surface area contributed by atoms with Crippen LogP contribution < -0.4 is 5.32 Å². The number of rotatable bonds is 4. The van der Waals surface area contributed by atoms with Crippen LogP contribution in [0.4, 0.5) is 5.82 Å². The van der Waals surface area contributed by atoms with Gasteiger partial charge in [0, 0.05) is 35.3 Å². The van der Waals surface area contributed by atoms with Gasteiger partial charge < -0.3 is 9.88 Å². The van der Waals surface area contributed by atoms with Gasteiger partial charge in [-0.25, -0.2) is 9.97 Å². The van der Waals surface area contributed by atoms with E-state index in [2.05, 4.69) is 25.9 Å². The lowest BCUT2D eigenvalue weighted by Crippen LogP contribution is -2.12. The molecule has 1 N–H and O–H groups in total. The highest BCUT2D eigenvalue weighted by Gasteiger charge is 2.09. The Kier molecular flexibility index (Phi) is 4.43. The predicted molar refractivity (Wildman–Crippen MR) is 92.2 cm³/mol. The normalized spacial score (nSPS) is 11.1. The Bertz CT molecular complexity index is 829. The Morgan fingerprint density at radius 3 is 2.68 bits per heavy atom. The second-order valence-electron chi connectivity index (χ2n) is 4.91.